The Morgan fingerprint density at radius 1 is 1.12 bits per heavy atom. The third-order valence-corrected chi connectivity index (χ3v) is 6.81. The van der Waals surface area contributed by atoms with Gasteiger partial charge < -0.3 is 0 Å². The smallest absolute Gasteiger partial charge is 0.262 e. The van der Waals surface area contributed by atoms with E-state index in [0.29, 0.717) is 6.42 Å². The highest BCUT2D eigenvalue weighted by atomic mass is 32.1. The lowest BCUT2D eigenvalue weighted by molar-refractivity contribution is -0.133. The fraction of sp³-hybridized carbons (Fsp3) is 0.579. The Morgan fingerprint density at radius 3 is 2.38 bits per heavy atom. The Balaban J connectivity index is 1.27. The zero-order valence-electron chi connectivity index (χ0n) is 13.8. The summed E-state index contributed by atoms with van der Waals surface area (Å²) in [6, 6.07) is 3.88. The third kappa shape index (κ3) is 3.41. The second kappa shape index (κ2) is 6.36. The van der Waals surface area contributed by atoms with Gasteiger partial charge in [-0.2, -0.15) is 0 Å². The number of hydrogen-bond acceptors (Lipinski definition) is 3. The zero-order valence-corrected chi connectivity index (χ0v) is 14.6. The number of thiophene rings is 1. The summed E-state index contributed by atoms with van der Waals surface area (Å²) in [4.78, 5) is 25.1. The number of nitrogens with one attached hydrogen (secondary N) is 2. The summed E-state index contributed by atoms with van der Waals surface area (Å²) in [6.45, 7) is 0. The van der Waals surface area contributed by atoms with E-state index < -0.39 is 0 Å². The van der Waals surface area contributed by atoms with Crippen molar-refractivity contribution in [2.24, 2.45) is 23.2 Å². The predicted octanol–water partition coefficient (Wildman–Crippen LogP) is 3.52. The Bertz CT molecular complexity index is 615. The Morgan fingerprint density at radius 2 is 1.79 bits per heavy atom. The van der Waals surface area contributed by atoms with E-state index in [2.05, 4.69) is 10.9 Å². The van der Waals surface area contributed by atoms with Crippen LogP contribution in [0.15, 0.2) is 23.6 Å². The van der Waals surface area contributed by atoms with Crippen LogP contribution in [0.1, 0.15) is 49.8 Å². The lowest BCUT2D eigenvalue weighted by Crippen LogP contribution is -2.49. The summed E-state index contributed by atoms with van der Waals surface area (Å²) in [6.07, 6.45) is 11.5. The normalized spacial score (nSPS) is 33.8. The Labute approximate surface area is 146 Å². The van der Waals surface area contributed by atoms with Gasteiger partial charge in [-0.05, 0) is 79.2 Å². The van der Waals surface area contributed by atoms with Gasteiger partial charge >= 0.3 is 0 Å². The molecule has 24 heavy (non-hydrogen) atoms. The fourth-order valence-corrected chi connectivity index (χ4v) is 6.23. The molecule has 2 N–H and O–H groups in total. The SMILES string of the molecule is O=C(C=Cc1cccs1)NNC(=O)CC12CC3CC(CC(C3)C1)C2. The van der Waals surface area contributed by atoms with Crippen molar-refractivity contribution in [3.63, 3.8) is 0 Å². The number of carbonyl (C=O) groups excluding carboxylic acids is 2. The molecule has 0 aromatic carbocycles. The van der Waals surface area contributed by atoms with Gasteiger partial charge in [-0.1, -0.05) is 6.07 Å². The van der Waals surface area contributed by atoms with Crippen LogP contribution in [0.25, 0.3) is 6.08 Å². The molecular weight excluding hydrogens is 320 g/mol. The molecule has 1 aromatic rings. The zero-order chi connectivity index (χ0) is 16.6. The summed E-state index contributed by atoms with van der Waals surface area (Å²) in [5, 5.41) is 1.96. The molecule has 4 saturated carbocycles. The summed E-state index contributed by atoms with van der Waals surface area (Å²) < 4.78 is 0. The molecule has 4 nitrogen and oxygen atoms in total. The summed E-state index contributed by atoms with van der Waals surface area (Å²) in [7, 11) is 0. The van der Waals surface area contributed by atoms with Crippen LogP contribution in [0.3, 0.4) is 0 Å². The van der Waals surface area contributed by atoms with E-state index in [9.17, 15) is 9.59 Å². The van der Waals surface area contributed by atoms with Crippen LogP contribution < -0.4 is 10.9 Å². The fourth-order valence-electron chi connectivity index (χ4n) is 5.61. The molecular formula is C19H24N2O2S. The van der Waals surface area contributed by atoms with Gasteiger partial charge in [-0.3, -0.25) is 20.4 Å². The topological polar surface area (TPSA) is 58.2 Å². The lowest BCUT2D eigenvalue weighted by Gasteiger charge is -2.56. The van der Waals surface area contributed by atoms with Gasteiger partial charge in [0.25, 0.3) is 5.91 Å². The molecule has 2 amide bonds. The van der Waals surface area contributed by atoms with E-state index in [4.69, 9.17) is 0 Å². The second-order valence-electron chi connectivity index (χ2n) is 7.98. The van der Waals surface area contributed by atoms with Crippen LogP contribution in [0.2, 0.25) is 0 Å². The molecule has 0 unspecified atom stereocenters. The van der Waals surface area contributed by atoms with E-state index in [-0.39, 0.29) is 17.2 Å². The third-order valence-electron chi connectivity index (χ3n) is 5.97. The van der Waals surface area contributed by atoms with Crippen molar-refractivity contribution < 1.29 is 9.59 Å². The number of rotatable bonds is 4. The van der Waals surface area contributed by atoms with Crippen molar-refractivity contribution in [2.75, 3.05) is 0 Å². The molecule has 0 radical (unpaired) electrons. The molecule has 1 heterocycles. The van der Waals surface area contributed by atoms with Crippen LogP contribution in [-0.2, 0) is 9.59 Å². The first-order valence-corrected chi connectivity index (χ1v) is 9.79. The maximum atomic E-state index is 12.3. The molecule has 0 atom stereocenters. The summed E-state index contributed by atoms with van der Waals surface area (Å²) >= 11 is 1.57. The standard InChI is InChI=1S/C19H24N2O2S/c22-17(4-3-16-2-1-5-24-16)20-21-18(23)12-19-9-13-6-14(10-19)8-15(7-13)11-19/h1-5,13-15H,6-12H2,(H,20,22)(H,21,23). The van der Waals surface area contributed by atoms with Crippen molar-refractivity contribution in [1.29, 1.82) is 0 Å². The van der Waals surface area contributed by atoms with Gasteiger partial charge in [0.2, 0.25) is 5.91 Å². The molecule has 4 fully saturated rings. The predicted molar refractivity (Wildman–Crippen MR) is 94.9 cm³/mol. The quantitative estimate of drug-likeness (QED) is 0.648. The van der Waals surface area contributed by atoms with Gasteiger partial charge in [0.15, 0.2) is 0 Å². The van der Waals surface area contributed by atoms with Crippen LogP contribution in [0.4, 0.5) is 0 Å². The van der Waals surface area contributed by atoms with E-state index in [1.807, 2.05) is 17.5 Å². The first-order valence-electron chi connectivity index (χ1n) is 8.91. The van der Waals surface area contributed by atoms with E-state index in [1.54, 1.807) is 17.4 Å². The maximum absolute atomic E-state index is 12.3. The highest BCUT2D eigenvalue weighted by Crippen LogP contribution is 2.61. The van der Waals surface area contributed by atoms with Crippen LogP contribution in [-0.4, -0.2) is 11.8 Å². The van der Waals surface area contributed by atoms with Crippen molar-refractivity contribution in [3.8, 4) is 0 Å². The van der Waals surface area contributed by atoms with Gasteiger partial charge in [-0.15, -0.1) is 11.3 Å². The summed E-state index contributed by atoms with van der Waals surface area (Å²) in [5.41, 5.74) is 5.31. The lowest BCUT2D eigenvalue weighted by atomic mass is 9.49. The van der Waals surface area contributed by atoms with Gasteiger partial charge in [-0.25, -0.2) is 0 Å². The van der Waals surface area contributed by atoms with E-state index >= 15 is 0 Å². The Hall–Kier alpha value is -1.62. The van der Waals surface area contributed by atoms with Crippen molar-refractivity contribution in [1.82, 2.24) is 10.9 Å². The van der Waals surface area contributed by atoms with Crippen LogP contribution >= 0.6 is 11.3 Å². The Kier molecular flexibility index (Phi) is 4.21. The molecule has 4 aliphatic rings. The van der Waals surface area contributed by atoms with Crippen molar-refractivity contribution in [2.45, 2.75) is 44.9 Å². The summed E-state index contributed by atoms with van der Waals surface area (Å²) in [5.74, 6) is 2.18. The molecule has 0 saturated heterocycles. The first-order chi connectivity index (χ1) is 11.6. The van der Waals surface area contributed by atoms with Crippen LogP contribution in [0.5, 0.6) is 0 Å². The average molecular weight is 344 g/mol. The number of hydrazine groups is 1. The molecule has 5 heteroatoms. The molecule has 1 aromatic heterocycles. The number of hydrogen-bond donors (Lipinski definition) is 2. The van der Waals surface area contributed by atoms with Gasteiger partial charge in [0.05, 0.1) is 0 Å². The molecule has 4 aliphatic carbocycles. The van der Waals surface area contributed by atoms with Gasteiger partial charge in [0.1, 0.15) is 0 Å². The van der Waals surface area contributed by atoms with E-state index in [0.717, 1.165) is 22.6 Å². The molecule has 0 aliphatic heterocycles. The minimum atomic E-state index is -0.290. The second-order valence-corrected chi connectivity index (χ2v) is 8.96. The van der Waals surface area contributed by atoms with Crippen molar-refractivity contribution >= 4 is 29.2 Å². The van der Waals surface area contributed by atoms with Crippen LogP contribution in [0, 0.1) is 23.2 Å². The maximum Gasteiger partial charge on any atom is 0.262 e. The first kappa shape index (κ1) is 15.9. The number of amides is 2. The highest BCUT2D eigenvalue weighted by Gasteiger charge is 2.51. The van der Waals surface area contributed by atoms with E-state index in [1.165, 1.54) is 44.6 Å². The molecule has 5 rings (SSSR count). The molecule has 4 bridgehead atoms. The molecule has 128 valence electrons. The minimum Gasteiger partial charge on any atom is -0.273 e. The molecule has 0 spiro atoms. The average Bonchev–Trinajstić information content (AvgIpc) is 3.02. The minimum absolute atomic E-state index is 0.0465. The largest absolute Gasteiger partial charge is 0.273 e. The van der Waals surface area contributed by atoms with Gasteiger partial charge in [0, 0.05) is 17.4 Å². The highest BCUT2D eigenvalue weighted by molar-refractivity contribution is 7.10. The monoisotopic (exact) mass is 344 g/mol. The van der Waals surface area contributed by atoms with Crippen molar-refractivity contribution in [3.05, 3.63) is 28.5 Å². The number of carbonyl (C=O) groups is 2.